The van der Waals surface area contributed by atoms with E-state index < -0.39 is 0 Å². The number of benzene rings is 1. The van der Waals surface area contributed by atoms with Gasteiger partial charge in [-0.3, -0.25) is 9.59 Å². The first-order chi connectivity index (χ1) is 12.1. The summed E-state index contributed by atoms with van der Waals surface area (Å²) in [6, 6.07) is 4.67. The van der Waals surface area contributed by atoms with Gasteiger partial charge in [0.05, 0.1) is 10.7 Å². The third kappa shape index (κ3) is 3.37. The molecule has 25 heavy (non-hydrogen) atoms. The second kappa shape index (κ2) is 6.92. The molecular weight excluding hydrogens is 361 g/mol. The zero-order valence-electron chi connectivity index (χ0n) is 13.5. The van der Waals surface area contributed by atoms with E-state index in [2.05, 4.69) is 15.2 Å². The largest absolute Gasteiger partial charge is 0.348 e. The highest BCUT2D eigenvalue weighted by molar-refractivity contribution is 8.14. The van der Waals surface area contributed by atoms with Gasteiger partial charge in [-0.05, 0) is 31.4 Å². The third-order valence-electron chi connectivity index (χ3n) is 4.75. The van der Waals surface area contributed by atoms with E-state index in [0.29, 0.717) is 18.6 Å². The summed E-state index contributed by atoms with van der Waals surface area (Å²) in [6.07, 6.45) is 2.17. The summed E-state index contributed by atoms with van der Waals surface area (Å²) in [7, 11) is 0. The van der Waals surface area contributed by atoms with E-state index in [4.69, 9.17) is 0 Å². The molecule has 2 fully saturated rings. The molecule has 4 rings (SSSR count). The lowest BCUT2D eigenvalue weighted by Gasteiger charge is -2.31. The van der Waals surface area contributed by atoms with Gasteiger partial charge in [-0.15, -0.1) is 0 Å². The molecule has 1 aromatic heterocycles. The Kier molecular flexibility index (Phi) is 4.64. The maximum atomic E-state index is 13.8. The van der Waals surface area contributed by atoms with Gasteiger partial charge < -0.3 is 10.2 Å². The number of thioether (sulfide) groups is 1. The third-order valence-corrected chi connectivity index (χ3v) is 6.84. The molecule has 2 saturated heterocycles. The number of fused-ring (bicyclic) bond motifs is 1. The highest BCUT2D eigenvalue weighted by atomic mass is 32.2. The number of aromatic nitrogens is 1. The fourth-order valence-electron chi connectivity index (χ4n) is 3.29. The second-order valence-electron chi connectivity index (χ2n) is 6.36. The molecule has 2 aromatic rings. The number of halogens is 1. The van der Waals surface area contributed by atoms with Crippen molar-refractivity contribution in [2.45, 2.75) is 25.3 Å². The molecule has 3 heterocycles. The first-order valence-corrected chi connectivity index (χ1v) is 10.2. The minimum Gasteiger partial charge on any atom is -0.348 e. The van der Waals surface area contributed by atoms with Crippen LogP contribution in [0.3, 0.4) is 0 Å². The summed E-state index contributed by atoms with van der Waals surface area (Å²) in [5, 5.41) is 3.77. The molecule has 2 aliphatic rings. The van der Waals surface area contributed by atoms with Crippen LogP contribution in [0.25, 0.3) is 10.2 Å². The molecule has 0 aliphatic carbocycles. The molecule has 1 aromatic carbocycles. The Hall–Kier alpha value is -1.67. The summed E-state index contributed by atoms with van der Waals surface area (Å²) in [6.45, 7) is 1.43. The van der Waals surface area contributed by atoms with Gasteiger partial charge in [-0.2, -0.15) is 0 Å². The van der Waals surface area contributed by atoms with Crippen molar-refractivity contribution in [2.75, 3.05) is 23.7 Å². The van der Waals surface area contributed by atoms with Crippen LogP contribution < -0.4 is 10.2 Å². The molecule has 2 aliphatic heterocycles. The van der Waals surface area contributed by atoms with E-state index in [1.807, 2.05) is 6.07 Å². The summed E-state index contributed by atoms with van der Waals surface area (Å²) in [4.78, 5) is 30.6. The van der Waals surface area contributed by atoms with Crippen LogP contribution in [0.15, 0.2) is 18.2 Å². The van der Waals surface area contributed by atoms with Crippen molar-refractivity contribution in [1.82, 2.24) is 10.3 Å². The van der Waals surface area contributed by atoms with Crippen LogP contribution in [-0.2, 0) is 9.59 Å². The van der Waals surface area contributed by atoms with Gasteiger partial charge in [0, 0.05) is 24.8 Å². The first kappa shape index (κ1) is 16.8. The number of nitrogens with zero attached hydrogens (tertiary/aromatic N) is 2. The number of carbonyl (C=O) groups is 2. The number of hydrogen-bond acceptors (Lipinski definition) is 6. The van der Waals surface area contributed by atoms with Crippen LogP contribution in [0.4, 0.5) is 9.52 Å². The van der Waals surface area contributed by atoms with Gasteiger partial charge in [0.1, 0.15) is 11.3 Å². The maximum absolute atomic E-state index is 13.8. The van der Waals surface area contributed by atoms with Crippen molar-refractivity contribution in [3.05, 3.63) is 24.0 Å². The molecule has 0 radical (unpaired) electrons. The second-order valence-corrected chi connectivity index (χ2v) is 8.47. The number of rotatable bonds is 3. The van der Waals surface area contributed by atoms with Crippen LogP contribution in [0.2, 0.25) is 0 Å². The van der Waals surface area contributed by atoms with E-state index in [0.717, 1.165) is 34.8 Å². The van der Waals surface area contributed by atoms with E-state index >= 15 is 0 Å². The first-order valence-electron chi connectivity index (χ1n) is 8.39. The molecule has 0 bridgehead atoms. The van der Waals surface area contributed by atoms with Crippen LogP contribution in [0.1, 0.15) is 19.3 Å². The standard InChI is InChI=1S/C17H18FN3O2S2/c18-11-2-1-3-13-14(11)20-17(25-13)21-7-4-10(5-8-21)15(22)19-12-6-9-24-16(12)23/h1-3,10,12H,4-9H2,(H,19,22). The van der Waals surface area contributed by atoms with Crippen molar-refractivity contribution in [2.24, 2.45) is 5.92 Å². The van der Waals surface area contributed by atoms with Crippen LogP contribution in [0.5, 0.6) is 0 Å². The summed E-state index contributed by atoms with van der Waals surface area (Å²) in [5.74, 6) is 0.404. The maximum Gasteiger partial charge on any atom is 0.223 e. The van der Waals surface area contributed by atoms with E-state index in [1.54, 1.807) is 6.07 Å². The van der Waals surface area contributed by atoms with E-state index in [1.165, 1.54) is 29.2 Å². The zero-order chi connectivity index (χ0) is 17.4. The molecular formula is C17H18FN3O2S2. The van der Waals surface area contributed by atoms with Crippen molar-refractivity contribution in [1.29, 1.82) is 0 Å². The molecule has 8 heteroatoms. The Bertz CT molecular complexity index is 817. The predicted molar refractivity (Wildman–Crippen MR) is 98.5 cm³/mol. The lowest BCUT2D eigenvalue weighted by molar-refractivity contribution is -0.128. The topological polar surface area (TPSA) is 62.3 Å². The number of amides is 1. The van der Waals surface area contributed by atoms with Gasteiger partial charge >= 0.3 is 0 Å². The molecule has 0 saturated carbocycles. The highest BCUT2D eigenvalue weighted by Crippen LogP contribution is 2.32. The number of anilines is 1. The quantitative estimate of drug-likeness (QED) is 0.889. The SMILES string of the molecule is O=C(NC1CCSC1=O)C1CCN(c2nc3c(F)cccc3s2)CC1. The number of hydrogen-bond donors (Lipinski definition) is 1. The Morgan fingerprint density at radius 2 is 2.08 bits per heavy atom. The van der Waals surface area contributed by atoms with Gasteiger partial charge in [-0.25, -0.2) is 9.37 Å². The lowest BCUT2D eigenvalue weighted by atomic mass is 9.96. The normalized spacial score (nSPS) is 21.9. The minimum atomic E-state index is -0.317. The van der Waals surface area contributed by atoms with Gasteiger partial charge in [0.2, 0.25) is 11.0 Å². The molecule has 1 amide bonds. The van der Waals surface area contributed by atoms with Crippen molar-refractivity contribution in [3.63, 3.8) is 0 Å². The average Bonchev–Trinajstić information content (AvgIpc) is 3.23. The smallest absolute Gasteiger partial charge is 0.223 e. The van der Waals surface area contributed by atoms with E-state index in [-0.39, 0.29) is 28.8 Å². The number of para-hydroxylation sites is 1. The predicted octanol–water partition coefficient (Wildman–Crippen LogP) is 2.80. The van der Waals surface area contributed by atoms with Gasteiger partial charge in [-0.1, -0.05) is 29.2 Å². The minimum absolute atomic E-state index is 0.0177. The molecule has 1 atom stereocenters. The van der Waals surface area contributed by atoms with Crippen molar-refractivity contribution >= 4 is 49.5 Å². The summed E-state index contributed by atoms with van der Waals surface area (Å²) >= 11 is 2.78. The summed E-state index contributed by atoms with van der Waals surface area (Å²) in [5.41, 5.74) is 0.416. The molecule has 132 valence electrons. The zero-order valence-corrected chi connectivity index (χ0v) is 15.2. The van der Waals surface area contributed by atoms with Gasteiger partial charge in [0.25, 0.3) is 0 Å². The molecule has 0 spiro atoms. The Morgan fingerprint density at radius 3 is 2.76 bits per heavy atom. The number of thiazole rings is 1. The van der Waals surface area contributed by atoms with Crippen molar-refractivity contribution < 1.29 is 14.0 Å². The lowest BCUT2D eigenvalue weighted by Crippen LogP contribution is -2.45. The Labute approximate surface area is 153 Å². The van der Waals surface area contributed by atoms with Crippen LogP contribution in [0, 0.1) is 11.7 Å². The highest BCUT2D eigenvalue weighted by Gasteiger charge is 2.31. The Morgan fingerprint density at radius 1 is 1.28 bits per heavy atom. The molecule has 1 unspecified atom stereocenters. The number of piperidine rings is 1. The van der Waals surface area contributed by atoms with Crippen molar-refractivity contribution in [3.8, 4) is 0 Å². The average molecular weight is 379 g/mol. The molecule has 1 N–H and O–H groups in total. The van der Waals surface area contributed by atoms with Crippen LogP contribution in [-0.4, -0.2) is 40.9 Å². The van der Waals surface area contributed by atoms with E-state index in [9.17, 15) is 14.0 Å². The Balaban J connectivity index is 1.38. The van der Waals surface area contributed by atoms with Crippen LogP contribution >= 0.6 is 23.1 Å². The fraction of sp³-hybridized carbons (Fsp3) is 0.471. The fourth-order valence-corrected chi connectivity index (χ4v) is 5.25. The monoisotopic (exact) mass is 379 g/mol. The molecule has 5 nitrogen and oxygen atoms in total. The number of carbonyl (C=O) groups excluding carboxylic acids is 2. The summed E-state index contributed by atoms with van der Waals surface area (Å²) < 4.78 is 14.6. The number of nitrogens with one attached hydrogen (secondary N) is 1. The van der Waals surface area contributed by atoms with Gasteiger partial charge in [0.15, 0.2) is 5.13 Å².